The van der Waals surface area contributed by atoms with Gasteiger partial charge in [0.25, 0.3) is 11.8 Å². The van der Waals surface area contributed by atoms with Gasteiger partial charge < -0.3 is 15.4 Å². The Labute approximate surface area is 238 Å². The van der Waals surface area contributed by atoms with E-state index in [9.17, 15) is 37.1 Å². The van der Waals surface area contributed by atoms with Crippen molar-refractivity contribution in [3.05, 3.63) is 70.4 Å². The van der Waals surface area contributed by atoms with E-state index in [1.165, 1.54) is 6.07 Å². The Morgan fingerprint density at radius 1 is 1.12 bits per heavy atom. The molecule has 0 saturated carbocycles. The number of benzene rings is 2. The highest BCUT2D eigenvalue weighted by Crippen LogP contribution is 2.36. The number of hydrogen-bond donors (Lipinski definition) is 3. The largest absolute Gasteiger partial charge is 0.417 e. The summed E-state index contributed by atoms with van der Waals surface area (Å²) < 4.78 is 39.0. The molecule has 4 amide bonds. The van der Waals surface area contributed by atoms with E-state index in [4.69, 9.17) is 11.6 Å². The quantitative estimate of drug-likeness (QED) is 0.279. The van der Waals surface area contributed by atoms with Crippen molar-refractivity contribution in [3.63, 3.8) is 0 Å². The molecule has 0 radical (unpaired) electrons. The number of hydrogen-bond acceptors (Lipinski definition) is 7. The van der Waals surface area contributed by atoms with Crippen LogP contribution in [0.4, 0.5) is 24.5 Å². The van der Waals surface area contributed by atoms with Crippen LogP contribution in [0.3, 0.4) is 0 Å². The van der Waals surface area contributed by atoms with Gasteiger partial charge in [0.1, 0.15) is 18.0 Å². The predicted octanol–water partition coefficient (Wildman–Crippen LogP) is 4.25. The second-order valence-corrected chi connectivity index (χ2v) is 10.1. The number of carbonyl (C=O) groups is 5. The first-order valence-electron chi connectivity index (χ1n) is 12.8. The van der Waals surface area contributed by atoms with Crippen LogP contribution in [0.25, 0.3) is 0 Å². The van der Waals surface area contributed by atoms with Crippen LogP contribution in [0, 0.1) is 5.92 Å². The van der Waals surface area contributed by atoms with E-state index in [-0.39, 0.29) is 31.0 Å². The first-order valence-corrected chi connectivity index (χ1v) is 13.2. The average Bonchev–Trinajstić information content (AvgIpc) is 3.18. The lowest BCUT2D eigenvalue weighted by Gasteiger charge is -2.28. The average molecular weight is 591 g/mol. The Hall–Kier alpha value is -4.19. The fourth-order valence-corrected chi connectivity index (χ4v) is 5.25. The Morgan fingerprint density at radius 2 is 1.88 bits per heavy atom. The highest BCUT2D eigenvalue weighted by molar-refractivity contribution is 6.31. The van der Waals surface area contributed by atoms with Crippen molar-refractivity contribution < 1.29 is 37.1 Å². The topological polar surface area (TPSA) is 125 Å². The summed E-state index contributed by atoms with van der Waals surface area (Å²) in [5, 5.41) is 7.56. The van der Waals surface area contributed by atoms with E-state index in [2.05, 4.69) is 16.0 Å². The van der Waals surface area contributed by atoms with E-state index in [0.717, 1.165) is 35.0 Å². The Kier molecular flexibility index (Phi) is 8.81. The fourth-order valence-electron chi connectivity index (χ4n) is 4.96. The van der Waals surface area contributed by atoms with Crippen molar-refractivity contribution in [1.29, 1.82) is 0 Å². The summed E-state index contributed by atoms with van der Waals surface area (Å²) in [7, 11) is 0. The van der Waals surface area contributed by atoms with Crippen LogP contribution in [-0.2, 0) is 30.1 Å². The molecule has 216 valence electrons. The lowest BCUT2D eigenvalue weighted by atomic mass is 9.84. The highest BCUT2D eigenvalue weighted by Gasteiger charge is 2.42. The number of imide groups is 2. The standard InChI is InChI=1S/C28H26ClF3N4O5/c1-2-19(16(14-37)13-33-17-6-7-20(21(29)11-17)28(30,31)32)15-4-3-5-18(10-15)34-22-12-25(39)36(27(22)41)23-8-9-24(38)35-26(23)40/h3-7,10-12,14,16,19,23,33-34H,2,8-9,13H2,1H3,(H,35,38,40). The molecule has 0 aliphatic carbocycles. The number of carbonyl (C=O) groups excluding carboxylic acids is 5. The number of anilines is 2. The zero-order chi connectivity index (χ0) is 29.9. The van der Waals surface area contributed by atoms with Crippen LogP contribution >= 0.6 is 11.6 Å². The molecule has 41 heavy (non-hydrogen) atoms. The van der Waals surface area contributed by atoms with Gasteiger partial charge in [0.2, 0.25) is 11.8 Å². The molecule has 3 N–H and O–H groups in total. The van der Waals surface area contributed by atoms with Crippen molar-refractivity contribution >= 4 is 52.9 Å². The van der Waals surface area contributed by atoms with Gasteiger partial charge in [-0.3, -0.25) is 29.4 Å². The molecule has 1 saturated heterocycles. The smallest absolute Gasteiger partial charge is 0.384 e. The summed E-state index contributed by atoms with van der Waals surface area (Å²) in [6.07, 6.45) is -2.13. The van der Waals surface area contributed by atoms with E-state index in [0.29, 0.717) is 17.8 Å². The lowest BCUT2D eigenvalue weighted by molar-refractivity contribution is -0.149. The summed E-state index contributed by atoms with van der Waals surface area (Å²) in [6.45, 7) is 2.01. The Bertz CT molecular complexity index is 1430. The van der Waals surface area contributed by atoms with Crippen molar-refractivity contribution in [3.8, 4) is 0 Å². The zero-order valence-corrected chi connectivity index (χ0v) is 22.5. The Morgan fingerprint density at radius 3 is 2.51 bits per heavy atom. The van der Waals surface area contributed by atoms with Gasteiger partial charge in [0, 0.05) is 36.3 Å². The summed E-state index contributed by atoms with van der Waals surface area (Å²) in [4.78, 5) is 62.0. The third-order valence-electron chi connectivity index (χ3n) is 7.02. The molecule has 13 heteroatoms. The van der Waals surface area contributed by atoms with E-state index < -0.39 is 52.4 Å². The Balaban J connectivity index is 1.45. The molecule has 2 heterocycles. The number of rotatable bonds is 10. The molecule has 2 aliphatic rings. The molecule has 2 aliphatic heterocycles. The number of nitrogens with one attached hydrogen (secondary N) is 3. The molecule has 0 aromatic heterocycles. The monoisotopic (exact) mass is 590 g/mol. The molecular formula is C28H26ClF3N4O5. The van der Waals surface area contributed by atoms with Crippen LogP contribution in [0.2, 0.25) is 5.02 Å². The summed E-state index contributed by atoms with van der Waals surface area (Å²) >= 11 is 5.80. The fraction of sp³-hybridized carbons (Fsp3) is 0.321. The van der Waals surface area contributed by atoms with Crippen molar-refractivity contribution in [2.24, 2.45) is 5.92 Å². The number of amides is 4. The van der Waals surface area contributed by atoms with E-state index >= 15 is 0 Å². The van der Waals surface area contributed by atoms with Crippen LogP contribution in [-0.4, -0.2) is 47.4 Å². The summed E-state index contributed by atoms with van der Waals surface area (Å²) in [5.41, 5.74) is 0.548. The van der Waals surface area contributed by atoms with Crippen LogP contribution in [0.15, 0.2) is 54.2 Å². The molecule has 2 aromatic rings. The molecule has 2 aromatic carbocycles. The molecule has 1 fully saturated rings. The number of piperidine rings is 1. The van der Waals surface area contributed by atoms with Gasteiger partial charge in [-0.2, -0.15) is 13.2 Å². The molecule has 3 unspecified atom stereocenters. The molecule has 0 bridgehead atoms. The van der Waals surface area contributed by atoms with Gasteiger partial charge in [0.05, 0.1) is 10.6 Å². The third kappa shape index (κ3) is 6.59. The van der Waals surface area contributed by atoms with Crippen molar-refractivity contribution in [2.45, 2.75) is 44.3 Å². The van der Waals surface area contributed by atoms with Gasteiger partial charge in [-0.05, 0) is 54.7 Å². The van der Waals surface area contributed by atoms with E-state index in [1.807, 2.05) is 6.92 Å². The van der Waals surface area contributed by atoms with E-state index in [1.54, 1.807) is 24.3 Å². The lowest BCUT2D eigenvalue weighted by Crippen LogP contribution is -2.54. The number of nitrogens with zero attached hydrogens (tertiary/aromatic N) is 1. The molecule has 4 rings (SSSR count). The summed E-state index contributed by atoms with van der Waals surface area (Å²) in [6, 6.07) is 9.10. The van der Waals surface area contributed by atoms with Gasteiger partial charge in [-0.25, -0.2) is 0 Å². The van der Waals surface area contributed by atoms with Crippen molar-refractivity contribution in [2.75, 3.05) is 17.2 Å². The maximum Gasteiger partial charge on any atom is 0.417 e. The number of halogens is 4. The van der Waals surface area contributed by atoms with Crippen molar-refractivity contribution in [1.82, 2.24) is 10.2 Å². The summed E-state index contributed by atoms with van der Waals surface area (Å²) in [5.74, 6) is -3.41. The zero-order valence-electron chi connectivity index (χ0n) is 21.8. The number of aldehydes is 1. The van der Waals surface area contributed by atoms with Crippen LogP contribution in [0.1, 0.15) is 43.2 Å². The maximum absolute atomic E-state index is 13.0. The maximum atomic E-state index is 13.0. The first kappa shape index (κ1) is 29.8. The van der Waals surface area contributed by atoms with Gasteiger partial charge in [-0.15, -0.1) is 0 Å². The van der Waals surface area contributed by atoms with Crippen LogP contribution in [0.5, 0.6) is 0 Å². The van der Waals surface area contributed by atoms with Gasteiger partial charge in [0.15, 0.2) is 0 Å². The van der Waals surface area contributed by atoms with Gasteiger partial charge >= 0.3 is 6.18 Å². The second-order valence-electron chi connectivity index (χ2n) is 9.68. The minimum atomic E-state index is -4.58. The van der Waals surface area contributed by atoms with Crippen LogP contribution < -0.4 is 16.0 Å². The normalized spacial score (nSPS) is 19.0. The minimum absolute atomic E-state index is 0.00927. The number of alkyl halides is 3. The third-order valence-corrected chi connectivity index (χ3v) is 7.33. The highest BCUT2D eigenvalue weighted by atomic mass is 35.5. The minimum Gasteiger partial charge on any atom is -0.384 e. The molecule has 3 atom stereocenters. The molecule has 9 nitrogen and oxygen atoms in total. The SMILES string of the molecule is CCC(c1cccc(NC2=CC(=O)N(C3CCC(=O)NC3=O)C2=O)c1)C(C=O)CNc1ccc(C(F)(F)F)c(Cl)c1. The molecular weight excluding hydrogens is 565 g/mol. The molecule has 0 spiro atoms. The first-order chi connectivity index (χ1) is 19.4. The predicted molar refractivity (Wildman–Crippen MR) is 144 cm³/mol. The van der Waals surface area contributed by atoms with Gasteiger partial charge in [-0.1, -0.05) is 30.7 Å². The second kappa shape index (κ2) is 12.1.